The van der Waals surface area contributed by atoms with Gasteiger partial charge in [0, 0.05) is 6.07 Å². The average Bonchev–Trinajstić information content (AvgIpc) is 3.05. The van der Waals surface area contributed by atoms with E-state index in [4.69, 9.17) is 9.52 Å². The lowest BCUT2D eigenvalue weighted by Crippen LogP contribution is -2.41. The van der Waals surface area contributed by atoms with Crippen LogP contribution in [0, 0.1) is 12.8 Å². The Morgan fingerprint density at radius 1 is 1.41 bits per heavy atom. The number of carboxylic acid groups (broad SMARTS) is 1. The van der Waals surface area contributed by atoms with E-state index in [1.807, 2.05) is 20.8 Å². The summed E-state index contributed by atoms with van der Waals surface area (Å²) < 4.78 is 5.44. The number of hydrogen-bond acceptors (Lipinski definition) is 4. The van der Waals surface area contributed by atoms with Gasteiger partial charge in [-0.25, -0.2) is 4.79 Å². The van der Waals surface area contributed by atoms with Crippen molar-refractivity contribution in [1.82, 2.24) is 15.5 Å². The smallest absolute Gasteiger partial charge is 0.326 e. The summed E-state index contributed by atoms with van der Waals surface area (Å²) in [5.41, 5.74) is 0.688. The first-order valence-corrected chi connectivity index (χ1v) is 7.02. The second-order valence-electron chi connectivity index (χ2n) is 5.57. The molecule has 0 aliphatic heterocycles. The molecule has 0 fully saturated rings. The van der Waals surface area contributed by atoms with Gasteiger partial charge in [-0.1, -0.05) is 13.8 Å². The maximum absolute atomic E-state index is 12.1. The van der Waals surface area contributed by atoms with Crippen molar-refractivity contribution < 1.29 is 19.1 Å². The second-order valence-corrected chi connectivity index (χ2v) is 5.57. The third-order valence-corrected chi connectivity index (χ3v) is 3.13. The predicted molar refractivity (Wildman–Crippen MR) is 79.4 cm³/mol. The van der Waals surface area contributed by atoms with E-state index in [1.54, 1.807) is 12.1 Å². The SMILES string of the molecule is Cc1ccc(-c2cc(C(=O)NC(CC(C)C)C(=O)O)n[nH]2)o1. The lowest BCUT2D eigenvalue weighted by atomic mass is 10.0. The highest BCUT2D eigenvalue weighted by atomic mass is 16.4. The molecule has 7 heteroatoms. The maximum Gasteiger partial charge on any atom is 0.326 e. The molecule has 1 amide bonds. The molecule has 0 bridgehead atoms. The lowest BCUT2D eigenvalue weighted by Gasteiger charge is -2.15. The Balaban J connectivity index is 2.09. The van der Waals surface area contributed by atoms with Crippen molar-refractivity contribution >= 4 is 11.9 Å². The van der Waals surface area contributed by atoms with Crippen LogP contribution in [0.2, 0.25) is 0 Å². The number of aromatic nitrogens is 2. The molecule has 0 aliphatic rings. The van der Waals surface area contributed by atoms with Crippen molar-refractivity contribution in [3.8, 4) is 11.5 Å². The molecule has 22 heavy (non-hydrogen) atoms. The van der Waals surface area contributed by atoms with Crippen LogP contribution < -0.4 is 5.32 Å². The first-order valence-electron chi connectivity index (χ1n) is 7.02. The molecule has 2 heterocycles. The van der Waals surface area contributed by atoms with Crippen LogP contribution >= 0.6 is 0 Å². The second kappa shape index (κ2) is 6.46. The Morgan fingerprint density at radius 3 is 2.68 bits per heavy atom. The van der Waals surface area contributed by atoms with Gasteiger partial charge in [0.2, 0.25) is 0 Å². The van der Waals surface area contributed by atoms with E-state index in [-0.39, 0.29) is 11.6 Å². The first-order chi connectivity index (χ1) is 10.4. The molecule has 0 aliphatic carbocycles. The zero-order valence-electron chi connectivity index (χ0n) is 12.7. The molecule has 0 aromatic carbocycles. The number of carbonyl (C=O) groups excluding carboxylic acids is 1. The number of aryl methyl sites for hydroxylation is 1. The Labute approximate surface area is 127 Å². The van der Waals surface area contributed by atoms with Crippen LogP contribution in [0.1, 0.15) is 36.5 Å². The fraction of sp³-hybridized carbons (Fsp3) is 0.400. The molecule has 0 saturated heterocycles. The average molecular weight is 305 g/mol. The quantitative estimate of drug-likeness (QED) is 0.758. The molecule has 2 aromatic rings. The largest absolute Gasteiger partial charge is 0.480 e. The number of aromatic amines is 1. The van der Waals surface area contributed by atoms with Crippen molar-refractivity contribution in [3.05, 3.63) is 29.7 Å². The van der Waals surface area contributed by atoms with Crippen LogP contribution in [0.15, 0.2) is 22.6 Å². The van der Waals surface area contributed by atoms with Crippen molar-refractivity contribution in [1.29, 1.82) is 0 Å². The number of rotatable bonds is 6. The van der Waals surface area contributed by atoms with Gasteiger partial charge in [-0.2, -0.15) is 5.10 Å². The van der Waals surface area contributed by atoms with Crippen molar-refractivity contribution in [2.75, 3.05) is 0 Å². The summed E-state index contributed by atoms with van der Waals surface area (Å²) in [7, 11) is 0. The lowest BCUT2D eigenvalue weighted by molar-refractivity contribution is -0.139. The normalized spacial score (nSPS) is 12.4. The summed E-state index contributed by atoms with van der Waals surface area (Å²) in [4.78, 5) is 23.3. The van der Waals surface area contributed by atoms with Gasteiger partial charge in [0.25, 0.3) is 5.91 Å². The van der Waals surface area contributed by atoms with Crippen LogP contribution in [0.5, 0.6) is 0 Å². The third kappa shape index (κ3) is 3.75. The monoisotopic (exact) mass is 305 g/mol. The standard InChI is InChI=1S/C15H19N3O4/c1-8(2)6-12(15(20)21)16-14(19)11-7-10(17-18-11)13-5-4-9(3)22-13/h4-5,7-8,12H,6H2,1-3H3,(H,16,19)(H,17,18)(H,20,21). The Bertz CT molecular complexity index is 672. The van der Waals surface area contributed by atoms with Gasteiger partial charge in [-0.3, -0.25) is 9.89 Å². The summed E-state index contributed by atoms with van der Waals surface area (Å²) in [6, 6.07) is 4.17. The number of amides is 1. The topological polar surface area (TPSA) is 108 Å². The minimum absolute atomic E-state index is 0.124. The van der Waals surface area contributed by atoms with Gasteiger partial charge in [0.05, 0.1) is 0 Å². The van der Waals surface area contributed by atoms with Gasteiger partial charge in [0.15, 0.2) is 11.5 Å². The minimum atomic E-state index is -1.06. The molecular formula is C15H19N3O4. The van der Waals surface area contributed by atoms with E-state index >= 15 is 0 Å². The maximum atomic E-state index is 12.1. The van der Waals surface area contributed by atoms with Gasteiger partial charge < -0.3 is 14.8 Å². The first kappa shape index (κ1) is 15.8. The molecule has 0 saturated carbocycles. The fourth-order valence-corrected chi connectivity index (χ4v) is 2.07. The van der Waals surface area contributed by atoms with Crippen LogP contribution in [0.4, 0.5) is 0 Å². The predicted octanol–water partition coefficient (Wildman–Crippen LogP) is 2.21. The molecular weight excluding hydrogens is 286 g/mol. The Hall–Kier alpha value is -2.57. The zero-order valence-corrected chi connectivity index (χ0v) is 12.7. The summed E-state index contributed by atoms with van der Waals surface area (Å²) in [5.74, 6) is -0.111. The van der Waals surface area contributed by atoms with Gasteiger partial charge in [-0.15, -0.1) is 0 Å². The summed E-state index contributed by atoms with van der Waals surface area (Å²) >= 11 is 0. The van der Waals surface area contributed by atoms with Crippen LogP contribution in [-0.4, -0.2) is 33.2 Å². The van der Waals surface area contributed by atoms with Crippen LogP contribution in [0.25, 0.3) is 11.5 Å². The Kier molecular flexibility index (Phi) is 4.65. The van der Waals surface area contributed by atoms with Gasteiger partial charge in [-0.05, 0) is 31.4 Å². The molecule has 0 spiro atoms. The van der Waals surface area contributed by atoms with E-state index in [0.29, 0.717) is 17.9 Å². The van der Waals surface area contributed by atoms with Gasteiger partial charge >= 0.3 is 5.97 Å². The molecule has 2 aromatic heterocycles. The summed E-state index contributed by atoms with van der Waals surface area (Å²) in [5, 5.41) is 18.2. The highest BCUT2D eigenvalue weighted by molar-refractivity contribution is 5.95. The van der Waals surface area contributed by atoms with E-state index in [0.717, 1.165) is 5.76 Å². The Morgan fingerprint density at radius 2 is 2.14 bits per heavy atom. The number of carbonyl (C=O) groups is 2. The molecule has 0 radical (unpaired) electrons. The molecule has 1 unspecified atom stereocenters. The van der Waals surface area contributed by atoms with E-state index in [1.165, 1.54) is 6.07 Å². The van der Waals surface area contributed by atoms with Crippen molar-refractivity contribution in [3.63, 3.8) is 0 Å². The number of aliphatic carboxylic acids is 1. The highest BCUT2D eigenvalue weighted by Crippen LogP contribution is 2.20. The van der Waals surface area contributed by atoms with Crippen molar-refractivity contribution in [2.24, 2.45) is 5.92 Å². The van der Waals surface area contributed by atoms with E-state index in [9.17, 15) is 9.59 Å². The van der Waals surface area contributed by atoms with E-state index < -0.39 is 17.9 Å². The molecule has 1 atom stereocenters. The number of nitrogens with zero attached hydrogens (tertiary/aromatic N) is 1. The molecule has 2 rings (SSSR count). The molecule has 7 nitrogen and oxygen atoms in total. The number of hydrogen-bond donors (Lipinski definition) is 3. The number of furan rings is 1. The molecule has 3 N–H and O–H groups in total. The number of nitrogens with one attached hydrogen (secondary N) is 2. The number of carboxylic acids is 1. The highest BCUT2D eigenvalue weighted by Gasteiger charge is 2.23. The summed E-state index contributed by atoms with van der Waals surface area (Å²) in [6.45, 7) is 5.61. The van der Waals surface area contributed by atoms with Crippen LogP contribution in [0.3, 0.4) is 0 Å². The number of H-pyrrole nitrogens is 1. The third-order valence-electron chi connectivity index (χ3n) is 3.13. The minimum Gasteiger partial charge on any atom is -0.480 e. The fourth-order valence-electron chi connectivity index (χ4n) is 2.07. The van der Waals surface area contributed by atoms with Crippen LogP contribution in [-0.2, 0) is 4.79 Å². The summed E-state index contributed by atoms with van der Waals surface area (Å²) in [6.07, 6.45) is 0.357. The van der Waals surface area contributed by atoms with Gasteiger partial charge in [0.1, 0.15) is 17.5 Å². The van der Waals surface area contributed by atoms with Crippen molar-refractivity contribution in [2.45, 2.75) is 33.2 Å². The molecule has 118 valence electrons. The van der Waals surface area contributed by atoms with E-state index in [2.05, 4.69) is 15.5 Å². The zero-order chi connectivity index (χ0) is 16.3.